The summed E-state index contributed by atoms with van der Waals surface area (Å²) in [7, 11) is 0. The summed E-state index contributed by atoms with van der Waals surface area (Å²) in [6.45, 7) is -3.00. The van der Waals surface area contributed by atoms with Crippen LogP contribution in [0.5, 0.6) is 5.88 Å². The zero-order valence-electron chi connectivity index (χ0n) is 9.63. The molecule has 0 atom stereocenters. The van der Waals surface area contributed by atoms with Crippen LogP contribution in [0.25, 0.3) is 11.3 Å². The number of aromatic nitrogens is 3. The fourth-order valence-corrected chi connectivity index (χ4v) is 1.34. The lowest BCUT2D eigenvalue weighted by Gasteiger charge is -2.05. The predicted molar refractivity (Wildman–Crippen MR) is 58.8 cm³/mol. The van der Waals surface area contributed by atoms with Crippen LogP contribution in [0.1, 0.15) is 10.5 Å². The maximum atomic E-state index is 13.1. The van der Waals surface area contributed by atoms with E-state index in [9.17, 15) is 18.0 Å². The summed E-state index contributed by atoms with van der Waals surface area (Å²) < 4.78 is 41.0. The Labute approximate surface area is 109 Å². The van der Waals surface area contributed by atoms with Gasteiger partial charge in [0.25, 0.3) is 0 Å². The monoisotopic (exact) mass is 285 g/mol. The lowest BCUT2D eigenvalue weighted by Crippen LogP contribution is -2.07. The third-order valence-electron chi connectivity index (χ3n) is 2.17. The molecule has 0 aliphatic carbocycles. The second-order valence-electron chi connectivity index (χ2n) is 3.46. The van der Waals surface area contributed by atoms with Crippen LogP contribution in [0.15, 0.2) is 24.5 Å². The van der Waals surface area contributed by atoms with Crippen molar-refractivity contribution in [3.63, 3.8) is 0 Å². The van der Waals surface area contributed by atoms with E-state index in [-0.39, 0.29) is 17.1 Å². The topological polar surface area (TPSA) is 85.2 Å². The molecule has 2 aromatic heterocycles. The third-order valence-corrected chi connectivity index (χ3v) is 2.17. The second-order valence-corrected chi connectivity index (χ2v) is 3.46. The molecule has 0 aliphatic rings. The fourth-order valence-electron chi connectivity index (χ4n) is 1.34. The first-order chi connectivity index (χ1) is 9.47. The van der Waals surface area contributed by atoms with Crippen LogP contribution in [0, 0.1) is 5.95 Å². The average Bonchev–Trinajstić information content (AvgIpc) is 2.39. The first kappa shape index (κ1) is 13.7. The third kappa shape index (κ3) is 2.99. The van der Waals surface area contributed by atoms with Crippen molar-refractivity contribution in [3.8, 4) is 17.1 Å². The maximum absolute atomic E-state index is 13.1. The Morgan fingerprint density at radius 2 is 2.00 bits per heavy atom. The van der Waals surface area contributed by atoms with Crippen molar-refractivity contribution in [2.45, 2.75) is 6.61 Å². The van der Waals surface area contributed by atoms with Gasteiger partial charge in [-0.05, 0) is 6.07 Å². The van der Waals surface area contributed by atoms with Gasteiger partial charge in [0, 0.05) is 17.8 Å². The molecule has 0 bridgehead atoms. The van der Waals surface area contributed by atoms with Crippen LogP contribution in [0.3, 0.4) is 0 Å². The molecule has 2 aromatic rings. The Morgan fingerprint density at radius 3 is 2.55 bits per heavy atom. The minimum absolute atomic E-state index is 0.0416. The Hall–Kier alpha value is -2.71. The van der Waals surface area contributed by atoms with E-state index in [1.807, 2.05) is 0 Å². The lowest BCUT2D eigenvalue weighted by molar-refractivity contribution is -0.0528. The van der Waals surface area contributed by atoms with Crippen molar-refractivity contribution in [2.75, 3.05) is 0 Å². The molecule has 9 heteroatoms. The maximum Gasteiger partial charge on any atom is 0.388 e. The summed E-state index contributed by atoms with van der Waals surface area (Å²) >= 11 is 0. The molecule has 0 aromatic carbocycles. The number of pyridine rings is 1. The summed E-state index contributed by atoms with van der Waals surface area (Å²) in [5, 5.41) is 8.72. The standard InChI is InChI=1S/C11H6F3N3O3/c12-9-8(10(18)19)17-6(4-16-9)5-1-2-7(15-3-5)20-11(13)14/h1-4,11H,(H,18,19). The molecule has 20 heavy (non-hydrogen) atoms. The van der Waals surface area contributed by atoms with Crippen molar-refractivity contribution in [3.05, 3.63) is 36.2 Å². The van der Waals surface area contributed by atoms with Gasteiger partial charge >= 0.3 is 12.6 Å². The normalized spacial score (nSPS) is 10.6. The van der Waals surface area contributed by atoms with Crippen molar-refractivity contribution in [2.24, 2.45) is 0 Å². The molecule has 2 heterocycles. The van der Waals surface area contributed by atoms with Crippen molar-refractivity contribution in [1.82, 2.24) is 15.0 Å². The summed E-state index contributed by atoms with van der Waals surface area (Å²) in [6.07, 6.45) is 2.14. The summed E-state index contributed by atoms with van der Waals surface area (Å²) in [5.41, 5.74) is -0.517. The number of halogens is 3. The zero-order chi connectivity index (χ0) is 14.7. The molecule has 1 N–H and O–H groups in total. The van der Waals surface area contributed by atoms with E-state index in [0.717, 1.165) is 18.5 Å². The molecule has 0 unspecified atom stereocenters. The molecule has 0 saturated carbocycles. The van der Waals surface area contributed by atoms with E-state index in [2.05, 4.69) is 19.7 Å². The van der Waals surface area contributed by atoms with Crippen LogP contribution in [-0.4, -0.2) is 32.6 Å². The molecule has 0 amide bonds. The Morgan fingerprint density at radius 1 is 1.25 bits per heavy atom. The molecule has 0 radical (unpaired) electrons. The highest BCUT2D eigenvalue weighted by molar-refractivity contribution is 5.85. The molecule has 0 spiro atoms. The molecule has 0 aliphatic heterocycles. The van der Waals surface area contributed by atoms with Crippen LogP contribution in [0.2, 0.25) is 0 Å². The number of rotatable bonds is 4. The Kier molecular flexibility index (Phi) is 3.78. The molecule has 6 nitrogen and oxygen atoms in total. The summed E-state index contributed by atoms with van der Waals surface area (Å²) in [6, 6.07) is 2.46. The Balaban J connectivity index is 2.32. The van der Waals surface area contributed by atoms with E-state index in [4.69, 9.17) is 5.11 Å². The summed E-state index contributed by atoms with van der Waals surface area (Å²) in [4.78, 5) is 21.1. The second kappa shape index (κ2) is 5.51. The molecule has 104 valence electrons. The predicted octanol–water partition coefficient (Wildman–Crippen LogP) is 1.98. The van der Waals surface area contributed by atoms with E-state index in [1.54, 1.807) is 0 Å². The number of hydrogen-bond acceptors (Lipinski definition) is 5. The smallest absolute Gasteiger partial charge is 0.388 e. The van der Waals surface area contributed by atoms with Crippen LogP contribution in [-0.2, 0) is 0 Å². The van der Waals surface area contributed by atoms with Gasteiger partial charge in [0.15, 0.2) is 0 Å². The molecular weight excluding hydrogens is 279 g/mol. The average molecular weight is 285 g/mol. The van der Waals surface area contributed by atoms with Crippen molar-refractivity contribution >= 4 is 5.97 Å². The van der Waals surface area contributed by atoms with Gasteiger partial charge in [-0.1, -0.05) is 0 Å². The van der Waals surface area contributed by atoms with Gasteiger partial charge in [-0.3, -0.25) is 0 Å². The summed E-state index contributed by atoms with van der Waals surface area (Å²) in [5.74, 6) is -3.09. The van der Waals surface area contributed by atoms with Gasteiger partial charge < -0.3 is 9.84 Å². The number of carboxylic acids is 1. The number of nitrogens with zero attached hydrogens (tertiary/aromatic N) is 3. The number of alkyl halides is 2. The number of carbonyl (C=O) groups is 1. The molecular formula is C11H6F3N3O3. The van der Waals surface area contributed by atoms with E-state index < -0.39 is 24.2 Å². The van der Waals surface area contributed by atoms with Gasteiger partial charge in [0.1, 0.15) is 0 Å². The van der Waals surface area contributed by atoms with Gasteiger partial charge in [0.05, 0.1) is 11.9 Å². The Bertz CT molecular complexity index is 635. The largest absolute Gasteiger partial charge is 0.476 e. The fraction of sp³-hybridized carbons (Fsp3) is 0.0909. The van der Waals surface area contributed by atoms with Crippen LogP contribution >= 0.6 is 0 Å². The van der Waals surface area contributed by atoms with Crippen LogP contribution < -0.4 is 4.74 Å². The number of carboxylic acid groups (broad SMARTS) is 1. The highest BCUT2D eigenvalue weighted by Crippen LogP contribution is 2.19. The first-order valence-corrected chi connectivity index (χ1v) is 5.14. The SMILES string of the molecule is O=C(O)c1nc(-c2ccc(OC(F)F)nc2)cnc1F. The van der Waals surface area contributed by atoms with Gasteiger partial charge in [-0.15, -0.1) is 0 Å². The van der Waals surface area contributed by atoms with E-state index in [1.165, 1.54) is 6.07 Å². The molecule has 0 fully saturated rings. The van der Waals surface area contributed by atoms with Crippen molar-refractivity contribution in [1.29, 1.82) is 0 Å². The first-order valence-electron chi connectivity index (χ1n) is 5.14. The van der Waals surface area contributed by atoms with Crippen LogP contribution in [0.4, 0.5) is 13.2 Å². The minimum Gasteiger partial charge on any atom is -0.476 e. The molecule has 0 saturated heterocycles. The van der Waals surface area contributed by atoms with Gasteiger partial charge in [0.2, 0.25) is 17.5 Å². The minimum atomic E-state index is -3.00. The highest BCUT2D eigenvalue weighted by Gasteiger charge is 2.15. The van der Waals surface area contributed by atoms with E-state index in [0.29, 0.717) is 0 Å². The quantitative estimate of drug-likeness (QED) is 0.924. The van der Waals surface area contributed by atoms with E-state index >= 15 is 0 Å². The lowest BCUT2D eigenvalue weighted by atomic mass is 10.2. The number of ether oxygens (including phenoxy) is 1. The number of hydrogen-bond donors (Lipinski definition) is 1. The number of aromatic carboxylic acids is 1. The zero-order valence-corrected chi connectivity index (χ0v) is 9.63. The highest BCUT2D eigenvalue weighted by atomic mass is 19.3. The molecule has 2 rings (SSSR count). The van der Waals surface area contributed by atoms with Crippen molar-refractivity contribution < 1.29 is 27.8 Å². The van der Waals surface area contributed by atoms with Gasteiger partial charge in [-0.2, -0.15) is 13.2 Å². The van der Waals surface area contributed by atoms with Gasteiger partial charge in [-0.25, -0.2) is 19.7 Å².